The highest BCUT2D eigenvalue weighted by Crippen LogP contribution is 2.32. The lowest BCUT2D eigenvalue weighted by Gasteiger charge is -2.19. The Morgan fingerprint density at radius 2 is 2.05 bits per heavy atom. The lowest BCUT2D eigenvalue weighted by atomic mass is 10.0. The van der Waals surface area contributed by atoms with Crippen molar-refractivity contribution >= 4 is 22.9 Å². The van der Waals surface area contributed by atoms with E-state index in [0.717, 1.165) is 23.6 Å². The van der Waals surface area contributed by atoms with Gasteiger partial charge in [-0.15, -0.1) is 11.3 Å². The molecule has 1 unspecified atom stereocenters. The van der Waals surface area contributed by atoms with E-state index in [1.54, 1.807) is 0 Å². The number of nitrogens with one attached hydrogen (secondary N) is 1. The summed E-state index contributed by atoms with van der Waals surface area (Å²) in [7, 11) is 0. The van der Waals surface area contributed by atoms with E-state index in [4.69, 9.17) is 11.6 Å². The van der Waals surface area contributed by atoms with Crippen LogP contribution in [0.15, 0.2) is 29.6 Å². The molecule has 1 atom stereocenters. The zero-order chi connectivity index (χ0) is 13.8. The number of benzene rings is 1. The van der Waals surface area contributed by atoms with E-state index >= 15 is 0 Å². The molecule has 0 aliphatic rings. The van der Waals surface area contributed by atoms with Gasteiger partial charge in [0.1, 0.15) is 0 Å². The predicted octanol–water partition coefficient (Wildman–Crippen LogP) is 4.97. The molecular weight excluding hydrogens is 274 g/mol. The highest BCUT2D eigenvalue weighted by Gasteiger charge is 2.18. The van der Waals surface area contributed by atoms with Gasteiger partial charge in [0.05, 0.1) is 6.04 Å². The van der Waals surface area contributed by atoms with Gasteiger partial charge in [0.15, 0.2) is 0 Å². The molecule has 1 nitrogen and oxygen atoms in total. The standard InChI is InChI=1S/C16H20ClNS/c1-4-12-8-9-19-16(12)15(18-5-2)13-7-6-11(3)14(17)10-13/h6-10,15,18H,4-5H2,1-3H3. The van der Waals surface area contributed by atoms with Crippen molar-refractivity contribution in [2.75, 3.05) is 6.54 Å². The summed E-state index contributed by atoms with van der Waals surface area (Å²) in [6.07, 6.45) is 1.07. The van der Waals surface area contributed by atoms with Crippen LogP contribution in [0.4, 0.5) is 0 Å². The topological polar surface area (TPSA) is 12.0 Å². The summed E-state index contributed by atoms with van der Waals surface area (Å²) < 4.78 is 0. The first-order valence-corrected chi connectivity index (χ1v) is 7.98. The van der Waals surface area contributed by atoms with Crippen LogP contribution >= 0.6 is 22.9 Å². The van der Waals surface area contributed by atoms with Gasteiger partial charge in [-0.2, -0.15) is 0 Å². The monoisotopic (exact) mass is 293 g/mol. The van der Waals surface area contributed by atoms with E-state index < -0.39 is 0 Å². The predicted molar refractivity (Wildman–Crippen MR) is 85.4 cm³/mol. The largest absolute Gasteiger partial charge is 0.306 e. The minimum absolute atomic E-state index is 0.248. The van der Waals surface area contributed by atoms with Gasteiger partial charge in [-0.1, -0.05) is 37.6 Å². The fourth-order valence-electron chi connectivity index (χ4n) is 2.25. The van der Waals surface area contributed by atoms with Gasteiger partial charge in [-0.05, 0) is 54.1 Å². The Kier molecular flexibility index (Phi) is 5.03. The Balaban J connectivity index is 2.42. The average molecular weight is 294 g/mol. The summed E-state index contributed by atoms with van der Waals surface area (Å²) in [5.74, 6) is 0. The van der Waals surface area contributed by atoms with Crippen molar-refractivity contribution in [2.24, 2.45) is 0 Å². The molecule has 0 aliphatic carbocycles. The Morgan fingerprint density at radius 3 is 2.68 bits per heavy atom. The van der Waals surface area contributed by atoms with Crippen LogP contribution in [0.5, 0.6) is 0 Å². The van der Waals surface area contributed by atoms with Crippen LogP contribution in [0, 0.1) is 6.92 Å². The van der Waals surface area contributed by atoms with Gasteiger partial charge >= 0.3 is 0 Å². The maximum absolute atomic E-state index is 6.27. The maximum atomic E-state index is 6.27. The molecular formula is C16H20ClNS. The molecule has 3 heteroatoms. The van der Waals surface area contributed by atoms with Gasteiger partial charge in [0.2, 0.25) is 0 Å². The zero-order valence-corrected chi connectivity index (χ0v) is 13.2. The van der Waals surface area contributed by atoms with Crippen LogP contribution in [0.2, 0.25) is 5.02 Å². The molecule has 0 aliphatic heterocycles. The summed E-state index contributed by atoms with van der Waals surface area (Å²) in [5, 5.41) is 6.59. The summed E-state index contributed by atoms with van der Waals surface area (Å²) in [5.41, 5.74) is 3.80. The van der Waals surface area contributed by atoms with Crippen LogP contribution in [0.3, 0.4) is 0 Å². The summed E-state index contributed by atoms with van der Waals surface area (Å²) in [6, 6.07) is 8.83. The summed E-state index contributed by atoms with van der Waals surface area (Å²) in [4.78, 5) is 1.41. The van der Waals surface area contributed by atoms with E-state index in [2.05, 4.69) is 48.8 Å². The van der Waals surface area contributed by atoms with Crippen molar-refractivity contribution in [1.29, 1.82) is 0 Å². The van der Waals surface area contributed by atoms with E-state index in [9.17, 15) is 0 Å². The van der Waals surface area contributed by atoms with Gasteiger partial charge in [0, 0.05) is 9.90 Å². The molecule has 0 spiro atoms. The first kappa shape index (κ1) is 14.6. The molecule has 19 heavy (non-hydrogen) atoms. The molecule has 2 rings (SSSR count). The van der Waals surface area contributed by atoms with Gasteiger partial charge in [-0.3, -0.25) is 0 Å². The lowest BCUT2D eigenvalue weighted by Crippen LogP contribution is -2.22. The van der Waals surface area contributed by atoms with E-state index in [0.29, 0.717) is 0 Å². The quantitative estimate of drug-likeness (QED) is 0.820. The van der Waals surface area contributed by atoms with E-state index in [1.165, 1.54) is 16.0 Å². The highest BCUT2D eigenvalue weighted by atomic mass is 35.5. The van der Waals surface area contributed by atoms with Crippen molar-refractivity contribution in [2.45, 2.75) is 33.2 Å². The number of aryl methyl sites for hydroxylation is 2. The zero-order valence-electron chi connectivity index (χ0n) is 11.7. The third-order valence-corrected chi connectivity index (χ3v) is 4.79. The third kappa shape index (κ3) is 3.19. The maximum Gasteiger partial charge on any atom is 0.0674 e. The van der Waals surface area contributed by atoms with Gasteiger partial charge < -0.3 is 5.32 Å². The van der Waals surface area contributed by atoms with Crippen molar-refractivity contribution in [3.05, 3.63) is 56.2 Å². The molecule has 0 fully saturated rings. The summed E-state index contributed by atoms with van der Waals surface area (Å²) >= 11 is 8.09. The molecule has 0 radical (unpaired) electrons. The molecule has 102 valence electrons. The number of hydrogen-bond donors (Lipinski definition) is 1. The molecule has 0 saturated heterocycles. The van der Waals surface area contributed by atoms with E-state index in [1.807, 2.05) is 18.3 Å². The lowest BCUT2D eigenvalue weighted by molar-refractivity contribution is 0.635. The molecule has 1 heterocycles. The Bertz CT molecular complexity index is 547. The number of thiophene rings is 1. The molecule has 1 aromatic carbocycles. The van der Waals surface area contributed by atoms with Crippen LogP contribution in [0.25, 0.3) is 0 Å². The molecule has 0 saturated carbocycles. The second-order valence-corrected chi connectivity index (χ2v) is 6.02. The Morgan fingerprint density at radius 1 is 1.26 bits per heavy atom. The van der Waals surface area contributed by atoms with E-state index in [-0.39, 0.29) is 6.04 Å². The van der Waals surface area contributed by atoms with Gasteiger partial charge in [0.25, 0.3) is 0 Å². The second-order valence-electron chi connectivity index (χ2n) is 4.66. The van der Waals surface area contributed by atoms with Crippen molar-refractivity contribution in [3.8, 4) is 0 Å². The van der Waals surface area contributed by atoms with Crippen LogP contribution in [-0.2, 0) is 6.42 Å². The molecule has 1 N–H and O–H groups in total. The van der Waals surface area contributed by atoms with Crippen molar-refractivity contribution in [3.63, 3.8) is 0 Å². The Hall–Kier alpha value is -0.830. The minimum atomic E-state index is 0.248. The van der Waals surface area contributed by atoms with Crippen LogP contribution in [0.1, 0.15) is 41.5 Å². The fraction of sp³-hybridized carbons (Fsp3) is 0.375. The highest BCUT2D eigenvalue weighted by molar-refractivity contribution is 7.10. The first-order valence-electron chi connectivity index (χ1n) is 6.73. The number of rotatable bonds is 5. The van der Waals surface area contributed by atoms with Crippen molar-refractivity contribution < 1.29 is 0 Å². The number of halogens is 1. The number of hydrogen-bond acceptors (Lipinski definition) is 2. The average Bonchev–Trinajstić information content (AvgIpc) is 2.87. The SMILES string of the molecule is CCNC(c1ccc(C)c(Cl)c1)c1sccc1CC. The minimum Gasteiger partial charge on any atom is -0.306 e. The normalized spacial score (nSPS) is 12.6. The molecule has 2 aromatic rings. The third-order valence-electron chi connectivity index (χ3n) is 3.36. The summed E-state index contributed by atoms with van der Waals surface area (Å²) in [6.45, 7) is 7.33. The molecule has 0 bridgehead atoms. The molecule has 0 amide bonds. The molecule has 1 aromatic heterocycles. The smallest absolute Gasteiger partial charge is 0.0674 e. The van der Waals surface area contributed by atoms with Crippen molar-refractivity contribution in [1.82, 2.24) is 5.32 Å². The Labute approximate surface area is 124 Å². The first-order chi connectivity index (χ1) is 9.17. The van der Waals surface area contributed by atoms with Crippen LogP contribution < -0.4 is 5.32 Å². The fourth-order valence-corrected chi connectivity index (χ4v) is 3.53. The van der Waals surface area contributed by atoms with Gasteiger partial charge in [-0.25, -0.2) is 0 Å². The second kappa shape index (κ2) is 6.56. The van der Waals surface area contributed by atoms with Crippen LogP contribution in [-0.4, -0.2) is 6.54 Å².